The number of hydrogen-bond acceptors (Lipinski definition) is 4. The molecule has 0 bridgehead atoms. The van der Waals surface area contributed by atoms with E-state index in [1.54, 1.807) is 0 Å². The molecule has 0 atom stereocenters. The monoisotopic (exact) mass is 446 g/mol. The predicted octanol–water partition coefficient (Wildman–Crippen LogP) is 6.36. The minimum absolute atomic E-state index is 0.476. The van der Waals surface area contributed by atoms with E-state index < -0.39 is 0 Å². The summed E-state index contributed by atoms with van der Waals surface area (Å²) in [7, 11) is 0. The molecular weight excluding hydrogens is 420 g/mol. The molecule has 0 unspecified atom stereocenters. The average Bonchev–Trinajstić information content (AvgIpc) is 3.32. The molecule has 0 saturated carbocycles. The molecule has 0 spiro atoms. The van der Waals surface area contributed by atoms with Crippen molar-refractivity contribution in [3.05, 3.63) is 105 Å². The molecule has 0 radical (unpaired) electrons. The number of anilines is 1. The quantitative estimate of drug-likeness (QED) is 0.272. The van der Waals surface area contributed by atoms with Crippen LogP contribution in [0.3, 0.4) is 0 Å². The van der Waals surface area contributed by atoms with E-state index >= 15 is 0 Å². The zero-order valence-electron chi connectivity index (χ0n) is 19.0. The normalized spacial score (nSPS) is 15.3. The van der Waals surface area contributed by atoms with Crippen molar-refractivity contribution in [2.24, 2.45) is 5.11 Å². The lowest BCUT2D eigenvalue weighted by molar-refractivity contribution is 0.414. The van der Waals surface area contributed by atoms with E-state index in [-0.39, 0.29) is 0 Å². The Balaban J connectivity index is 1.19. The fraction of sp³-hybridized carbons (Fsp3) is 0.250. The topological polar surface area (TPSA) is 87.8 Å². The molecule has 6 heteroatoms. The van der Waals surface area contributed by atoms with Gasteiger partial charge in [0.25, 0.3) is 0 Å². The van der Waals surface area contributed by atoms with Crippen molar-refractivity contribution in [2.75, 3.05) is 18.0 Å². The molecule has 168 valence electrons. The minimum atomic E-state index is 0.476. The van der Waals surface area contributed by atoms with Crippen LogP contribution in [0.1, 0.15) is 40.7 Å². The van der Waals surface area contributed by atoms with Crippen molar-refractivity contribution in [2.45, 2.75) is 31.8 Å². The Bertz CT molecular complexity index is 1320. The molecule has 2 aliphatic rings. The van der Waals surface area contributed by atoms with Crippen LogP contribution in [0.5, 0.6) is 0 Å². The molecule has 0 aromatic heterocycles. The number of fused-ring (bicyclic) bond motifs is 1. The number of piperidine rings is 1. The van der Waals surface area contributed by atoms with Crippen LogP contribution in [-0.2, 0) is 13.0 Å². The molecule has 0 amide bonds. The number of rotatable bonds is 6. The van der Waals surface area contributed by atoms with E-state index in [9.17, 15) is 5.26 Å². The molecule has 1 fully saturated rings. The van der Waals surface area contributed by atoms with Crippen LogP contribution < -0.4 is 10.2 Å². The van der Waals surface area contributed by atoms with Crippen LogP contribution in [0, 0.1) is 11.3 Å². The number of nitrogens with zero attached hydrogens (tertiary/aromatic N) is 5. The lowest BCUT2D eigenvalue weighted by atomic mass is 10.0. The second-order valence-corrected chi connectivity index (χ2v) is 8.92. The molecule has 6 nitrogen and oxygen atoms in total. The first-order chi connectivity index (χ1) is 16.7. The fourth-order valence-electron chi connectivity index (χ4n) is 4.88. The largest absolute Gasteiger partial charge is 0.371 e. The van der Waals surface area contributed by atoms with Crippen LogP contribution in [0.2, 0.25) is 0 Å². The van der Waals surface area contributed by atoms with Crippen LogP contribution in [-0.4, -0.2) is 19.1 Å². The third-order valence-electron chi connectivity index (χ3n) is 6.73. The maximum absolute atomic E-state index is 9.18. The standard InChI is InChI=1S/C28H26N6/c29-18-20-7-8-23-15-25(16-24(23)13-20)22-4-2-6-28(17-22)34-11-9-26(10-12-34)31-19-21-3-1-5-27(14-21)32-33-30/h1-8,13-14,16-17,26,31H,9-12,15,19H2. The van der Waals surface area contributed by atoms with E-state index in [1.807, 2.05) is 30.3 Å². The van der Waals surface area contributed by atoms with Gasteiger partial charge in [0, 0.05) is 42.0 Å². The average molecular weight is 447 g/mol. The van der Waals surface area contributed by atoms with Crippen molar-refractivity contribution < 1.29 is 0 Å². The third-order valence-corrected chi connectivity index (χ3v) is 6.73. The Kier molecular flexibility index (Phi) is 6.31. The van der Waals surface area contributed by atoms with Gasteiger partial charge in [-0.25, -0.2) is 0 Å². The van der Waals surface area contributed by atoms with Gasteiger partial charge in [-0.15, -0.1) is 0 Å². The Morgan fingerprint density at radius 3 is 2.74 bits per heavy atom. The van der Waals surface area contributed by atoms with Crippen molar-refractivity contribution in [1.29, 1.82) is 5.26 Å². The number of nitrogens with one attached hydrogen (secondary N) is 1. The summed E-state index contributed by atoms with van der Waals surface area (Å²) < 4.78 is 0. The van der Waals surface area contributed by atoms with Crippen LogP contribution in [0.4, 0.5) is 11.4 Å². The first-order valence-electron chi connectivity index (χ1n) is 11.7. The molecular formula is C28H26N6. The lowest BCUT2D eigenvalue weighted by Gasteiger charge is -2.34. The van der Waals surface area contributed by atoms with Crippen molar-refractivity contribution in [3.8, 4) is 6.07 Å². The summed E-state index contributed by atoms with van der Waals surface area (Å²) in [5.74, 6) is 0. The summed E-state index contributed by atoms with van der Waals surface area (Å²) in [6.07, 6.45) is 5.32. The molecule has 34 heavy (non-hydrogen) atoms. The first-order valence-corrected chi connectivity index (χ1v) is 11.7. The highest BCUT2D eigenvalue weighted by Gasteiger charge is 2.20. The molecule has 3 aromatic carbocycles. The van der Waals surface area contributed by atoms with E-state index in [4.69, 9.17) is 5.53 Å². The van der Waals surface area contributed by atoms with Gasteiger partial charge in [0.15, 0.2) is 0 Å². The summed E-state index contributed by atoms with van der Waals surface area (Å²) in [6, 6.07) is 25.3. The Morgan fingerprint density at radius 1 is 1.06 bits per heavy atom. The SMILES string of the molecule is N#Cc1ccc2c(c1)C=C(c1cccc(N3CCC(NCc4cccc(N=[N+]=[N-])c4)CC3)c1)C2. The highest BCUT2D eigenvalue weighted by Crippen LogP contribution is 2.34. The van der Waals surface area contributed by atoms with Gasteiger partial charge in [-0.05, 0) is 83.0 Å². The van der Waals surface area contributed by atoms with Gasteiger partial charge < -0.3 is 10.2 Å². The Labute approximate surface area is 199 Å². The fourth-order valence-corrected chi connectivity index (χ4v) is 4.88. The van der Waals surface area contributed by atoms with Crippen molar-refractivity contribution in [3.63, 3.8) is 0 Å². The van der Waals surface area contributed by atoms with E-state index in [1.165, 1.54) is 22.4 Å². The Hall–Kier alpha value is -4.04. The number of allylic oxidation sites excluding steroid dienone is 1. The lowest BCUT2D eigenvalue weighted by Crippen LogP contribution is -2.42. The number of benzene rings is 3. The second-order valence-electron chi connectivity index (χ2n) is 8.92. The molecule has 1 aliphatic heterocycles. The zero-order chi connectivity index (χ0) is 23.3. The van der Waals surface area contributed by atoms with Gasteiger partial charge in [-0.3, -0.25) is 0 Å². The van der Waals surface area contributed by atoms with Gasteiger partial charge >= 0.3 is 0 Å². The van der Waals surface area contributed by atoms with Crippen LogP contribution in [0.25, 0.3) is 22.1 Å². The van der Waals surface area contributed by atoms with E-state index in [2.05, 4.69) is 68.8 Å². The maximum Gasteiger partial charge on any atom is 0.0991 e. The van der Waals surface area contributed by atoms with E-state index in [0.29, 0.717) is 17.3 Å². The number of nitriles is 1. The smallest absolute Gasteiger partial charge is 0.0991 e. The van der Waals surface area contributed by atoms with Gasteiger partial charge in [-0.2, -0.15) is 5.26 Å². The third kappa shape index (κ3) is 4.82. The number of hydrogen-bond donors (Lipinski definition) is 1. The summed E-state index contributed by atoms with van der Waals surface area (Å²) in [6.45, 7) is 2.81. The van der Waals surface area contributed by atoms with Crippen LogP contribution in [0.15, 0.2) is 71.8 Å². The predicted molar refractivity (Wildman–Crippen MR) is 136 cm³/mol. The van der Waals surface area contributed by atoms with Gasteiger partial charge in [0.2, 0.25) is 0 Å². The van der Waals surface area contributed by atoms with Gasteiger partial charge in [-0.1, -0.05) is 47.6 Å². The van der Waals surface area contributed by atoms with Crippen molar-refractivity contribution >= 4 is 23.0 Å². The summed E-state index contributed by atoms with van der Waals surface area (Å²) in [4.78, 5) is 5.34. The van der Waals surface area contributed by atoms with Crippen LogP contribution >= 0.6 is 0 Å². The Morgan fingerprint density at radius 2 is 1.91 bits per heavy atom. The van der Waals surface area contributed by atoms with E-state index in [0.717, 1.165) is 50.0 Å². The number of azide groups is 1. The minimum Gasteiger partial charge on any atom is -0.371 e. The van der Waals surface area contributed by atoms with Crippen molar-refractivity contribution in [1.82, 2.24) is 5.32 Å². The maximum atomic E-state index is 9.18. The highest BCUT2D eigenvalue weighted by atomic mass is 15.1. The molecule has 1 heterocycles. The second kappa shape index (κ2) is 9.84. The summed E-state index contributed by atoms with van der Waals surface area (Å²) >= 11 is 0. The molecule has 3 aromatic rings. The molecule has 1 aliphatic carbocycles. The summed E-state index contributed by atoms with van der Waals surface area (Å²) in [5, 5.41) is 16.5. The summed E-state index contributed by atoms with van der Waals surface area (Å²) in [5.41, 5.74) is 17.4. The molecule has 1 N–H and O–H groups in total. The zero-order valence-corrected chi connectivity index (χ0v) is 19.0. The first kappa shape index (κ1) is 21.8. The highest BCUT2D eigenvalue weighted by molar-refractivity contribution is 5.89. The molecule has 1 saturated heterocycles. The van der Waals surface area contributed by atoms with Gasteiger partial charge in [0.1, 0.15) is 0 Å². The van der Waals surface area contributed by atoms with Gasteiger partial charge in [0.05, 0.1) is 11.6 Å². The molecule has 5 rings (SSSR count).